The van der Waals surface area contributed by atoms with Crippen molar-refractivity contribution in [3.8, 4) is 0 Å². The molecule has 5 aliphatic carbocycles. The molecule has 0 saturated heterocycles. The molecular weight excluding hydrogens is 586 g/mol. The maximum atomic E-state index is 13.9. The lowest BCUT2D eigenvalue weighted by molar-refractivity contribution is -0.233. The van der Waals surface area contributed by atoms with Gasteiger partial charge in [-0.2, -0.15) is 0 Å². The van der Waals surface area contributed by atoms with Gasteiger partial charge >= 0.3 is 11.9 Å². The summed E-state index contributed by atoms with van der Waals surface area (Å²) in [5.74, 6) is 1.43. The Bertz CT molecular complexity index is 1290. The number of aliphatic carboxylic acids is 1. The molecule has 0 amide bonds. The molecule has 0 spiro atoms. The highest BCUT2D eigenvalue weighted by atomic mass is 16.5. The highest BCUT2D eigenvalue weighted by molar-refractivity contribution is 6.00. The van der Waals surface area contributed by atoms with Crippen molar-refractivity contribution in [2.24, 2.45) is 62.1 Å². The Morgan fingerprint density at radius 3 is 2.21 bits per heavy atom. The molecule has 2 N–H and O–H groups in total. The van der Waals surface area contributed by atoms with E-state index in [0.717, 1.165) is 45.2 Å². The molecule has 0 aromatic heterocycles. The van der Waals surface area contributed by atoms with Gasteiger partial charge in [0, 0.05) is 17.3 Å². The fraction of sp³-hybridized carbons (Fsp3) is 0.878. The molecule has 5 rings (SSSR count). The van der Waals surface area contributed by atoms with E-state index in [-0.39, 0.29) is 45.5 Å². The zero-order valence-corrected chi connectivity index (χ0v) is 31.7. The van der Waals surface area contributed by atoms with E-state index in [2.05, 4.69) is 67.6 Å². The van der Waals surface area contributed by atoms with Crippen LogP contribution in [0.25, 0.3) is 0 Å². The maximum Gasteiger partial charge on any atom is 0.309 e. The smallest absolute Gasteiger partial charge is 0.309 e. The van der Waals surface area contributed by atoms with Gasteiger partial charge in [0.2, 0.25) is 0 Å². The molecular formula is C41H67NO5. The van der Waals surface area contributed by atoms with Crippen LogP contribution >= 0.6 is 0 Å². The largest absolute Gasteiger partial charge is 0.481 e. The number of ketones is 1. The number of hydrogen-bond donors (Lipinski definition) is 2. The first-order valence-corrected chi connectivity index (χ1v) is 19.1. The van der Waals surface area contributed by atoms with E-state index in [1.807, 2.05) is 0 Å². The predicted octanol–water partition coefficient (Wildman–Crippen LogP) is 9.02. The average molecular weight is 654 g/mol. The van der Waals surface area contributed by atoms with Gasteiger partial charge in [-0.1, -0.05) is 67.9 Å². The van der Waals surface area contributed by atoms with Crippen molar-refractivity contribution in [3.63, 3.8) is 0 Å². The normalized spacial score (nSPS) is 39.7. The Morgan fingerprint density at radius 2 is 1.60 bits per heavy atom. The van der Waals surface area contributed by atoms with E-state index < -0.39 is 17.4 Å². The number of carboxylic acid groups (broad SMARTS) is 1. The van der Waals surface area contributed by atoms with Crippen molar-refractivity contribution in [3.05, 3.63) is 11.1 Å². The minimum absolute atomic E-state index is 0.0221. The first-order valence-electron chi connectivity index (χ1n) is 19.1. The highest BCUT2D eigenvalue weighted by Gasteiger charge is 2.70. The van der Waals surface area contributed by atoms with Crippen molar-refractivity contribution in [2.75, 3.05) is 13.1 Å². The Kier molecular flexibility index (Phi) is 9.55. The number of carbonyl (C=O) groups excluding carboxylic acids is 2. The van der Waals surface area contributed by atoms with Crippen LogP contribution in [0.5, 0.6) is 0 Å². The van der Waals surface area contributed by atoms with Gasteiger partial charge in [0.1, 0.15) is 6.10 Å². The molecule has 6 heteroatoms. The minimum atomic E-state index is -1.14. The number of fused-ring (bicyclic) bond motifs is 7. The van der Waals surface area contributed by atoms with Crippen LogP contribution in [0.3, 0.4) is 0 Å². The third-order valence-corrected chi connectivity index (χ3v) is 15.3. The lowest BCUT2D eigenvalue weighted by Crippen LogP contribution is -2.65. The minimum Gasteiger partial charge on any atom is -0.481 e. The molecule has 6 nitrogen and oxygen atoms in total. The Balaban J connectivity index is 1.42. The topological polar surface area (TPSA) is 92.7 Å². The van der Waals surface area contributed by atoms with Crippen LogP contribution in [0.2, 0.25) is 0 Å². The number of allylic oxidation sites excluding steroid dienone is 2. The Labute approximate surface area is 286 Å². The average Bonchev–Trinajstić information content (AvgIpc) is 3.25. The molecule has 0 heterocycles. The van der Waals surface area contributed by atoms with Gasteiger partial charge < -0.3 is 15.2 Å². The molecule has 0 bridgehead atoms. The number of Topliss-reactive ketones (excluding diaryl/α,β-unsaturated/α-hetero) is 1. The van der Waals surface area contributed by atoms with Crippen LogP contribution in [0.15, 0.2) is 11.1 Å². The second-order valence-corrected chi connectivity index (χ2v) is 19.5. The second-order valence-electron chi connectivity index (χ2n) is 19.5. The quantitative estimate of drug-likeness (QED) is 0.181. The van der Waals surface area contributed by atoms with Crippen LogP contribution in [0.4, 0.5) is 0 Å². The second kappa shape index (κ2) is 12.3. The lowest BCUT2D eigenvalue weighted by Gasteiger charge is -2.72. The molecule has 8 atom stereocenters. The first-order chi connectivity index (χ1) is 21.7. The molecule has 0 radical (unpaired) electrons. The predicted molar refractivity (Wildman–Crippen MR) is 188 cm³/mol. The molecule has 47 heavy (non-hydrogen) atoms. The molecule has 4 fully saturated rings. The third-order valence-electron chi connectivity index (χ3n) is 15.3. The van der Waals surface area contributed by atoms with Crippen molar-refractivity contribution in [2.45, 2.75) is 153 Å². The van der Waals surface area contributed by atoms with Crippen molar-refractivity contribution in [1.29, 1.82) is 0 Å². The monoisotopic (exact) mass is 654 g/mol. The van der Waals surface area contributed by atoms with Gasteiger partial charge in [-0.3, -0.25) is 14.4 Å². The fourth-order valence-electron chi connectivity index (χ4n) is 12.6. The summed E-state index contributed by atoms with van der Waals surface area (Å²) in [5, 5.41) is 13.3. The summed E-state index contributed by atoms with van der Waals surface area (Å²) >= 11 is 0. The molecule has 0 aliphatic heterocycles. The van der Waals surface area contributed by atoms with Crippen LogP contribution in [-0.4, -0.2) is 42.0 Å². The van der Waals surface area contributed by atoms with Crippen LogP contribution in [0, 0.1) is 62.1 Å². The van der Waals surface area contributed by atoms with E-state index in [9.17, 15) is 19.5 Å². The molecule has 266 valence electrons. The molecule has 5 aliphatic rings. The van der Waals surface area contributed by atoms with E-state index in [0.29, 0.717) is 35.9 Å². The van der Waals surface area contributed by atoms with Gasteiger partial charge in [0.05, 0.1) is 11.8 Å². The van der Waals surface area contributed by atoms with E-state index in [4.69, 9.17) is 4.74 Å². The summed E-state index contributed by atoms with van der Waals surface area (Å²) in [6, 6.07) is 0. The molecule has 0 aromatic rings. The van der Waals surface area contributed by atoms with Crippen LogP contribution in [0.1, 0.15) is 147 Å². The van der Waals surface area contributed by atoms with Crippen LogP contribution < -0.4 is 5.32 Å². The van der Waals surface area contributed by atoms with Crippen molar-refractivity contribution in [1.82, 2.24) is 5.32 Å². The number of esters is 1. The highest BCUT2D eigenvalue weighted by Crippen LogP contribution is 2.77. The zero-order valence-electron chi connectivity index (χ0n) is 31.7. The van der Waals surface area contributed by atoms with Gasteiger partial charge in [0.25, 0.3) is 0 Å². The van der Waals surface area contributed by atoms with Gasteiger partial charge in [0.15, 0.2) is 5.78 Å². The number of nitrogens with one attached hydrogen (secondary N) is 1. The lowest BCUT2D eigenvalue weighted by atomic mass is 9.33. The SMILES string of the molecule is CC(C)CNCC[C@@]12CC[C@]3(C)[C@H](CCC4[C@@]5(C)CC[C@H](OC(=O)CC(C)(C)C(=O)O)C(C)(C)C5CC[C@]43C)C1=C(C(C)C)C(=O)C2. The zero-order chi connectivity index (χ0) is 35.0. The summed E-state index contributed by atoms with van der Waals surface area (Å²) in [6.45, 7) is 26.6. The van der Waals surface area contributed by atoms with Crippen molar-refractivity contribution >= 4 is 17.7 Å². The Hall–Kier alpha value is -1.69. The number of carboxylic acids is 1. The number of carbonyl (C=O) groups is 3. The van der Waals surface area contributed by atoms with E-state index in [1.165, 1.54) is 31.3 Å². The van der Waals surface area contributed by atoms with E-state index >= 15 is 0 Å². The number of hydrogen-bond acceptors (Lipinski definition) is 5. The summed E-state index contributed by atoms with van der Waals surface area (Å²) < 4.78 is 6.16. The summed E-state index contributed by atoms with van der Waals surface area (Å²) in [6.07, 6.45) is 10.3. The summed E-state index contributed by atoms with van der Waals surface area (Å²) in [5.41, 5.74) is 1.92. The standard InChI is InChI=1S/C41H67NO5/c1-25(2)24-42-21-20-41-19-18-39(10)27(34(41)33(26(3)4)28(43)22-41)12-13-30-38(9)16-15-31(47-32(44)23-36(5,6)35(45)46)37(7,8)29(38)14-17-40(30,39)11/h25-27,29-31,42H,12-24H2,1-11H3,(H,45,46)/t27-,29?,30?,31+,38+,39-,40-,41-/m1/s1. The van der Waals surface area contributed by atoms with Gasteiger partial charge in [-0.15, -0.1) is 0 Å². The molecule has 4 saturated carbocycles. The molecule has 2 unspecified atom stereocenters. The summed E-state index contributed by atoms with van der Waals surface area (Å²) in [7, 11) is 0. The molecule has 0 aromatic carbocycles. The summed E-state index contributed by atoms with van der Waals surface area (Å²) in [4.78, 5) is 38.6. The third kappa shape index (κ3) is 5.76. The number of ether oxygens (including phenoxy) is 1. The van der Waals surface area contributed by atoms with Crippen molar-refractivity contribution < 1.29 is 24.2 Å². The van der Waals surface area contributed by atoms with E-state index in [1.54, 1.807) is 19.4 Å². The maximum absolute atomic E-state index is 13.9. The first kappa shape index (κ1) is 36.6. The van der Waals surface area contributed by atoms with Gasteiger partial charge in [-0.05, 0) is 136 Å². The Morgan fingerprint density at radius 1 is 0.915 bits per heavy atom. The van der Waals surface area contributed by atoms with Gasteiger partial charge in [-0.25, -0.2) is 0 Å². The van der Waals surface area contributed by atoms with Crippen LogP contribution in [-0.2, 0) is 19.1 Å². The fourth-order valence-corrected chi connectivity index (χ4v) is 12.6. The number of rotatable bonds is 10.